The number of nitrogens with one attached hydrogen (secondary N) is 2. The lowest BCUT2D eigenvalue weighted by molar-refractivity contribution is -0.384. The summed E-state index contributed by atoms with van der Waals surface area (Å²) in [6.45, 7) is 1.74. The standard InChI is InChI=1S/C20H20N4O4/c1-15(10-11-16-6-3-2-4-7-16)22-23-20(26)13-12-19(25)21-17-8-5-9-18(14-17)24(27)28/h2-11,14H,12-13H2,1H3,(H,21,25)(H,23,26)/b11-10+,22-15-. The topological polar surface area (TPSA) is 114 Å². The first-order valence-corrected chi connectivity index (χ1v) is 8.54. The number of carbonyl (C=O) groups excluding carboxylic acids is 2. The summed E-state index contributed by atoms with van der Waals surface area (Å²) in [6, 6.07) is 15.3. The van der Waals surface area contributed by atoms with E-state index < -0.39 is 16.7 Å². The second-order valence-corrected chi connectivity index (χ2v) is 5.89. The smallest absolute Gasteiger partial charge is 0.271 e. The molecule has 0 bridgehead atoms. The van der Waals surface area contributed by atoms with E-state index in [0.29, 0.717) is 11.4 Å². The number of allylic oxidation sites excluding steroid dienone is 1. The van der Waals surface area contributed by atoms with Crippen LogP contribution < -0.4 is 10.7 Å². The zero-order valence-electron chi connectivity index (χ0n) is 15.3. The molecule has 0 saturated carbocycles. The van der Waals surface area contributed by atoms with Crippen LogP contribution in [0, 0.1) is 10.1 Å². The highest BCUT2D eigenvalue weighted by atomic mass is 16.6. The van der Waals surface area contributed by atoms with Gasteiger partial charge in [-0.1, -0.05) is 42.5 Å². The third kappa shape index (κ3) is 7.20. The average molecular weight is 380 g/mol. The molecule has 0 saturated heterocycles. The molecular formula is C20H20N4O4. The number of amides is 2. The highest BCUT2D eigenvalue weighted by Gasteiger charge is 2.10. The van der Waals surface area contributed by atoms with Crippen LogP contribution in [0.3, 0.4) is 0 Å². The van der Waals surface area contributed by atoms with E-state index in [1.54, 1.807) is 13.0 Å². The Morgan fingerprint density at radius 3 is 2.50 bits per heavy atom. The minimum Gasteiger partial charge on any atom is -0.326 e. The van der Waals surface area contributed by atoms with Gasteiger partial charge < -0.3 is 5.32 Å². The number of non-ortho nitro benzene ring substituents is 1. The summed E-state index contributed by atoms with van der Waals surface area (Å²) in [5, 5.41) is 17.2. The number of hydrazone groups is 1. The fourth-order valence-electron chi connectivity index (χ4n) is 2.17. The molecule has 2 rings (SSSR count). The predicted octanol–water partition coefficient (Wildman–Crippen LogP) is 3.52. The van der Waals surface area contributed by atoms with E-state index >= 15 is 0 Å². The van der Waals surface area contributed by atoms with Gasteiger partial charge in [-0.05, 0) is 24.6 Å². The number of hydrogen-bond donors (Lipinski definition) is 2. The summed E-state index contributed by atoms with van der Waals surface area (Å²) >= 11 is 0. The van der Waals surface area contributed by atoms with Gasteiger partial charge in [-0.15, -0.1) is 0 Å². The molecule has 0 fully saturated rings. The second-order valence-electron chi connectivity index (χ2n) is 5.89. The Morgan fingerprint density at radius 2 is 1.79 bits per heavy atom. The molecule has 2 aromatic rings. The van der Waals surface area contributed by atoms with Gasteiger partial charge in [-0.2, -0.15) is 5.10 Å². The van der Waals surface area contributed by atoms with Crippen LogP contribution in [0.4, 0.5) is 11.4 Å². The highest BCUT2D eigenvalue weighted by molar-refractivity contribution is 5.97. The number of carbonyl (C=O) groups is 2. The van der Waals surface area contributed by atoms with Crippen molar-refractivity contribution >= 4 is 35.0 Å². The molecule has 144 valence electrons. The van der Waals surface area contributed by atoms with Crippen molar-refractivity contribution in [1.82, 2.24) is 5.43 Å². The molecule has 2 aromatic carbocycles. The molecule has 8 nitrogen and oxygen atoms in total. The molecule has 0 spiro atoms. The second kappa shape index (κ2) is 10.4. The van der Waals surface area contributed by atoms with E-state index in [1.807, 2.05) is 36.4 Å². The number of anilines is 1. The van der Waals surface area contributed by atoms with Gasteiger partial charge in [0.1, 0.15) is 0 Å². The molecule has 0 unspecified atom stereocenters. The number of rotatable bonds is 8. The van der Waals surface area contributed by atoms with Gasteiger partial charge in [0.15, 0.2) is 0 Å². The molecule has 0 radical (unpaired) electrons. The first-order valence-electron chi connectivity index (χ1n) is 8.54. The fourth-order valence-corrected chi connectivity index (χ4v) is 2.17. The molecule has 0 aliphatic heterocycles. The molecule has 0 aliphatic rings. The third-order valence-electron chi connectivity index (χ3n) is 3.59. The van der Waals surface area contributed by atoms with E-state index in [1.165, 1.54) is 24.3 Å². The van der Waals surface area contributed by atoms with E-state index in [-0.39, 0.29) is 18.5 Å². The van der Waals surface area contributed by atoms with Crippen LogP contribution in [0.5, 0.6) is 0 Å². The zero-order chi connectivity index (χ0) is 20.4. The summed E-state index contributed by atoms with van der Waals surface area (Å²) in [6.07, 6.45) is 3.52. The summed E-state index contributed by atoms with van der Waals surface area (Å²) < 4.78 is 0. The van der Waals surface area contributed by atoms with Crippen molar-refractivity contribution in [2.45, 2.75) is 19.8 Å². The van der Waals surface area contributed by atoms with Crippen molar-refractivity contribution in [3.8, 4) is 0 Å². The Balaban J connectivity index is 1.77. The predicted molar refractivity (Wildman–Crippen MR) is 108 cm³/mol. The van der Waals surface area contributed by atoms with E-state index in [4.69, 9.17) is 0 Å². The molecule has 8 heteroatoms. The van der Waals surface area contributed by atoms with Gasteiger partial charge in [0.2, 0.25) is 11.8 Å². The molecule has 0 atom stereocenters. The third-order valence-corrected chi connectivity index (χ3v) is 3.59. The Kier molecular flexibility index (Phi) is 7.59. The lowest BCUT2D eigenvalue weighted by atomic mass is 10.2. The maximum Gasteiger partial charge on any atom is 0.271 e. The van der Waals surface area contributed by atoms with Crippen molar-refractivity contribution < 1.29 is 14.5 Å². The van der Waals surface area contributed by atoms with Crippen molar-refractivity contribution in [1.29, 1.82) is 0 Å². The summed E-state index contributed by atoms with van der Waals surface area (Å²) in [5.41, 5.74) is 4.20. The summed E-state index contributed by atoms with van der Waals surface area (Å²) in [7, 11) is 0. The van der Waals surface area contributed by atoms with Gasteiger partial charge in [0, 0.05) is 30.7 Å². The summed E-state index contributed by atoms with van der Waals surface area (Å²) in [4.78, 5) is 33.9. The summed E-state index contributed by atoms with van der Waals surface area (Å²) in [5.74, 6) is -0.818. The van der Waals surface area contributed by atoms with Crippen LogP contribution >= 0.6 is 0 Å². The fraction of sp³-hybridized carbons (Fsp3) is 0.150. The largest absolute Gasteiger partial charge is 0.326 e. The Morgan fingerprint density at radius 1 is 1.07 bits per heavy atom. The molecule has 28 heavy (non-hydrogen) atoms. The van der Waals surface area contributed by atoms with Gasteiger partial charge in [-0.3, -0.25) is 19.7 Å². The zero-order valence-corrected chi connectivity index (χ0v) is 15.3. The average Bonchev–Trinajstić information content (AvgIpc) is 2.70. The normalized spacial score (nSPS) is 11.2. The van der Waals surface area contributed by atoms with Crippen molar-refractivity contribution in [3.05, 3.63) is 76.4 Å². The lowest BCUT2D eigenvalue weighted by Crippen LogP contribution is -2.21. The van der Waals surface area contributed by atoms with Crippen LogP contribution in [-0.2, 0) is 9.59 Å². The van der Waals surface area contributed by atoms with Gasteiger partial charge in [0.05, 0.1) is 10.6 Å². The molecular weight excluding hydrogens is 360 g/mol. The highest BCUT2D eigenvalue weighted by Crippen LogP contribution is 2.17. The van der Waals surface area contributed by atoms with Crippen molar-refractivity contribution in [2.24, 2.45) is 5.10 Å². The molecule has 2 N–H and O–H groups in total. The Hall–Kier alpha value is -3.81. The van der Waals surface area contributed by atoms with Crippen LogP contribution in [-0.4, -0.2) is 22.4 Å². The number of nitrogens with zero attached hydrogens (tertiary/aromatic N) is 2. The number of hydrogen-bond acceptors (Lipinski definition) is 5. The van der Waals surface area contributed by atoms with E-state index in [2.05, 4.69) is 15.8 Å². The molecule has 0 aromatic heterocycles. The quantitative estimate of drug-likeness (QED) is 0.414. The number of benzene rings is 2. The van der Waals surface area contributed by atoms with Crippen molar-refractivity contribution in [3.63, 3.8) is 0 Å². The van der Waals surface area contributed by atoms with E-state index in [0.717, 1.165) is 5.56 Å². The van der Waals surface area contributed by atoms with Crippen LogP contribution in [0.2, 0.25) is 0 Å². The van der Waals surface area contributed by atoms with Gasteiger partial charge >= 0.3 is 0 Å². The Labute approximate surface area is 162 Å². The minimum absolute atomic E-state index is 0.0556. The maximum atomic E-state index is 11.9. The van der Waals surface area contributed by atoms with Crippen LogP contribution in [0.1, 0.15) is 25.3 Å². The van der Waals surface area contributed by atoms with Gasteiger partial charge in [-0.25, -0.2) is 5.43 Å². The first kappa shape index (κ1) is 20.5. The SMILES string of the molecule is CC(/C=C/c1ccccc1)=N/NC(=O)CCC(=O)Nc1cccc([N+](=O)[O-])c1. The minimum atomic E-state index is -0.546. The molecule has 0 aliphatic carbocycles. The van der Waals surface area contributed by atoms with Crippen LogP contribution in [0.25, 0.3) is 6.08 Å². The monoisotopic (exact) mass is 380 g/mol. The van der Waals surface area contributed by atoms with Gasteiger partial charge in [0.25, 0.3) is 5.69 Å². The Bertz CT molecular complexity index is 907. The molecule has 2 amide bonds. The lowest BCUT2D eigenvalue weighted by Gasteiger charge is -2.05. The van der Waals surface area contributed by atoms with Crippen LogP contribution in [0.15, 0.2) is 65.8 Å². The van der Waals surface area contributed by atoms with E-state index in [9.17, 15) is 19.7 Å². The molecule has 0 heterocycles. The van der Waals surface area contributed by atoms with Crippen molar-refractivity contribution in [2.75, 3.05) is 5.32 Å². The first-order chi connectivity index (χ1) is 13.4. The maximum absolute atomic E-state index is 11.9. The number of nitro groups is 1. The number of nitro benzene ring substituents is 1.